The quantitative estimate of drug-likeness (QED) is 0.740. The van der Waals surface area contributed by atoms with Gasteiger partial charge in [-0.3, -0.25) is 9.59 Å². The Balaban J connectivity index is 1.92. The van der Waals surface area contributed by atoms with Crippen LogP contribution in [0.25, 0.3) is 11.3 Å². The summed E-state index contributed by atoms with van der Waals surface area (Å²) in [6, 6.07) is 18.8. The number of hydrogen-bond donors (Lipinski definition) is 1. The molecule has 1 heterocycles. The summed E-state index contributed by atoms with van der Waals surface area (Å²) in [5.41, 5.74) is 3.23. The van der Waals surface area contributed by atoms with E-state index in [1.165, 1.54) is 10.7 Å². The molecule has 0 saturated carbocycles. The van der Waals surface area contributed by atoms with Crippen molar-refractivity contribution in [2.45, 2.75) is 26.3 Å². The number of amides is 1. The number of rotatable bonds is 5. The molecule has 1 unspecified atom stereocenters. The molecule has 1 atom stereocenters. The second kappa shape index (κ2) is 8.31. The van der Waals surface area contributed by atoms with Gasteiger partial charge in [-0.2, -0.15) is 10.4 Å². The fourth-order valence-electron chi connectivity index (χ4n) is 2.89. The Bertz CT molecular complexity index is 1090. The highest BCUT2D eigenvalue weighted by Crippen LogP contribution is 2.19. The third-order valence-corrected chi connectivity index (χ3v) is 4.42. The van der Waals surface area contributed by atoms with Gasteiger partial charge in [0, 0.05) is 17.3 Å². The minimum absolute atomic E-state index is 0.344. The highest BCUT2D eigenvalue weighted by atomic mass is 16.2. The molecule has 0 bridgehead atoms. The van der Waals surface area contributed by atoms with Gasteiger partial charge in [-0.1, -0.05) is 42.8 Å². The van der Waals surface area contributed by atoms with Crippen molar-refractivity contribution in [1.29, 1.82) is 5.26 Å². The minimum Gasteiger partial charge on any atom is -0.324 e. The number of nitrogens with zero attached hydrogens (tertiary/aromatic N) is 3. The van der Waals surface area contributed by atoms with Crippen LogP contribution in [0.1, 0.15) is 30.5 Å². The van der Waals surface area contributed by atoms with Crippen molar-refractivity contribution < 1.29 is 4.79 Å². The fourth-order valence-corrected chi connectivity index (χ4v) is 2.89. The molecule has 6 heteroatoms. The normalized spacial score (nSPS) is 11.5. The molecule has 140 valence electrons. The van der Waals surface area contributed by atoms with E-state index in [4.69, 9.17) is 5.26 Å². The minimum atomic E-state index is -0.761. The zero-order chi connectivity index (χ0) is 20.1. The monoisotopic (exact) mass is 372 g/mol. The summed E-state index contributed by atoms with van der Waals surface area (Å²) in [4.78, 5) is 25.2. The van der Waals surface area contributed by atoms with Crippen LogP contribution in [0.3, 0.4) is 0 Å². The smallest absolute Gasteiger partial charge is 0.267 e. The molecule has 2 aromatic carbocycles. The van der Waals surface area contributed by atoms with Crippen molar-refractivity contribution in [2.24, 2.45) is 0 Å². The van der Waals surface area contributed by atoms with Crippen molar-refractivity contribution >= 4 is 11.6 Å². The SMILES string of the molecule is CCC(C(=O)Nc1cccc(C#N)c1)n1nc(-c2ccc(C)cc2)ccc1=O. The van der Waals surface area contributed by atoms with E-state index >= 15 is 0 Å². The van der Waals surface area contributed by atoms with Crippen molar-refractivity contribution in [3.8, 4) is 17.3 Å². The molecule has 1 N–H and O–H groups in total. The van der Waals surface area contributed by atoms with E-state index in [1.807, 2.05) is 44.2 Å². The molecule has 0 fully saturated rings. The van der Waals surface area contributed by atoms with Crippen LogP contribution in [0, 0.1) is 18.3 Å². The molecule has 0 spiro atoms. The van der Waals surface area contributed by atoms with Gasteiger partial charge in [0.2, 0.25) is 5.91 Å². The maximum Gasteiger partial charge on any atom is 0.267 e. The van der Waals surface area contributed by atoms with Gasteiger partial charge in [0.25, 0.3) is 5.56 Å². The maximum absolute atomic E-state index is 12.8. The molecule has 6 nitrogen and oxygen atoms in total. The Morgan fingerprint density at radius 1 is 1.18 bits per heavy atom. The first kappa shape index (κ1) is 19.1. The summed E-state index contributed by atoms with van der Waals surface area (Å²) in [6.07, 6.45) is 0.397. The third kappa shape index (κ3) is 4.15. The topological polar surface area (TPSA) is 87.8 Å². The van der Waals surface area contributed by atoms with Crippen LogP contribution in [-0.2, 0) is 4.79 Å². The predicted octanol–water partition coefficient (Wildman–Crippen LogP) is 3.68. The first-order chi connectivity index (χ1) is 13.5. The Kier molecular flexibility index (Phi) is 5.66. The standard InChI is InChI=1S/C22H20N4O2/c1-3-20(22(28)24-18-6-4-5-16(13-18)14-23)26-21(27)12-11-19(25-26)17-9-7-15(2)8-10-17/h4-13,20H,3H2,1-2H3,(H,24,28). The van der Waals surface area contributed by atoms with Gasteiger partial charge in [0.1, 0.15) is 6.04 Å². The van der Waals surface area contributed by atoms with Crippen LogP contribution in [0.15, 0.2) is 65.5 Å². The Morgan fingerprint density at radius 3 is 2.61 bits per heavy atom. The Labute approximate surface area is 163 Å². The average Bonchev–Trinajstić information content (AvgIpc) is 2.70. The molecule has 1 amide bonds. The van der Waals surface area contributed by atoms with Crippen LogP contribution in [0.4, 0.5) is 5.69 Å². The van der Waals surface area contributed by atoms with Crippen LogP contribution < -0.4 is 10.9 Å². The largest absolute Gasteiger partial charge is 0.324 e. The second-order valence-electron chi connectivity index (χ2n) is 6.47. The van der Waals surface area contributed by atoms with Crippen molar-refractivity contribution in [2.75, 3.05) is 5.32 Å². The van der Waals surface area contributed by atoms with Gasteiger partial charge in [-0.15, -0.1) is 0 Å². The lowest BCUT2D eigenvalue weighted by atomic mass is 10.1. The van der Waals surface area contributed by atoms with Gasteiger partial charge >= 0.3 is 0 Å². The van der Waals surface area contributed by atoms with Gasteiger partial charge < -0.3 is 5.32 Å². The molecule has 3 rings (SSSR count). The zero-order valence-electron chi connectivity index (χ0n) is 15.7. The molecular formula is C22H20N4O2. The molecule has 28 heavy (non-hydrogen) atoms. The fraction of sp³-hybridized carbons (Fsp3) is 0.182. The van der Waals surface area contributed by atoms with E-state index < -0.39 is 6.04 Å². The van der Waals surface area contributed by atoms with E-state index in [0.29, 0.717) is 23.4 Å². The highest BCUT2D eigenvalue weighted by Gasteiger charge is 2.21. The van der Waals surface area contributed by atoms with Gasteiger partial charge in [-0.25, -0.2) is 4.68 Å². The summed E-state index contributed by atoms with van der Waals surface area (Å²) < 4.78 is 1.22. The van der Waals surface area contributed by atoms with Crippen LogP contribution >= 0.6 is 0 Å². The number of carbonyl (C=O) groups excluding carboxylic acids is 1. The molecule has 0 aliphatic carbocycles. The predicted molar refractivity (Wildman–Crippen MR) is 108 cm³/mol. The molecular weight excluding hydrogens is 352 g/mol. The average molecular weight is 372 g/mol. The molecule has 1 aromatic heterocycles. The number of aryl methyl sites for hydroxylation is 1. The van der Waals surface area contributed by atoms with Crippen LogP contribution in [0.2, 0.25) is 0 Å². The lowest BCUT2D eigenvalue weighted by Gasteiger charge is -2.17. The van der Waals surface area contributed by atoms with E-state index in [0.717, 1.165) is 11.1 Å². The Hall–Kier alpha value is -3.72. The molecule has 0 aliphatic heterocycles. The van der Waals surface area contributed by atoms with E-state index in [2.05, 4.69) is 10.4 Å². The summed E-state index contributed by atoms with van der Waals surface area (Å²) in [5, 5.41) is 16.2. The van der Waals surface area contributed by atoms with Gasteiger partial charge in [0.15, 0.2) is 0 Å². The molecule has 0 radical (unpaired) electrons. The lowest BCUT2D eigenvalue weighted by molar-refractivity contribution is -0.119. The summed E-state index contributed by atoms with van der Waals surface area (Å²) in [5.74, 6) is -0.353. The lowest BCUT2D eigenvalue weighted by Crippen LogP contribution is -2.34. The first-order valence-corrected chi connectivity index (χ1v) is 8.99. The number of benzene rings is 2. The number of hydrogen-bond acceptors (Lipinski definition) is 4. The first-order valence-electron chi connectivity index (χ1n) is 8.99. The van der Waals surface area contributed by atoms with E-state index in [-0.39, 0.29) is 11.5 Å². The zero-order valence-corrected chi connectivity index (χ0v) is 15.7. The number of nitriles is 1. The van der Waals surface area contributed by atoms with Gasteiger partial charge in [0.05, 0.1) is 17.3 Å². The number of aromatic nitrogens is 2. The molecule has 0 aliphatic rings. The number of carbonyl (C=O) groups is 1. The summed E-state index contributed by atoms with van der Waals surface area (Å²) in [7, 11) is 0. The van der Waals surface area contributed by atoms with Crippen molar-refractivity contribution in [3.63, 3.8) is 0 Å². The summed E-state index contributed by atoms with van der Waals surface area (Å²) in [6.45, 7) is 3.82. The van der Waals surface area contributed by atoms with E-state index in [1.54, 1.807) is 30.3 Å². The van der Waals surface area contributed by atoms with Crippen molar-refractivity contribution in [1.82, 2.24) is 9.78 Å². The molecule has 0 saturated heterocycles. The van der Waals surface area contributed by atoms with E-state index in [9.17, 15) is 9.59 Å². The van der Waals surface area contributed by atoms with Crippen LogP contribution in [-0.4, -0.2) is 15.7 Å². The van der Waals surface area contributed by atoms with Crippen LogP contribution in [0.5, 0.6) is 0 Å². The summed E-state index contributed by atoms with van der Waals surface area (Å²) >= 11 is 0. The molecule has 3 aromatic rings. The van der Waals surface area contributed by atoms with Gasteiger partial charge in [-0.05, 0) is 37.6 Å². The second-order valence-corrected chi connectivity index (χ2v) is 6.47. The Morgan fingerprint density at radius 2 is 1.93 bits per heavy atom. The number of nitrogens with one attached hydrogen (secondary N) is 1. The maximum atomic E-state index is 12.8. The van der Waals surface area contributed by atoms with Crippen molar-refractivity contribution in [3.05, 3.63) is 82.1 Å². The highest BCUT2D eigenvalue weighted by molar-refractivity contribution is 5.93. The number of anilines is 1. The third-order valence-electron chi connectivity index (χ3n) is 4.42.